The molecule has 2 aliphatic rings. The molecule has 0 aromatic carbocycles. The van der Waals surface area contributed by atoms with Gasteiger partial charge in [0.05, 0.1) is 35.5 Å². The Morgan fingerprint density at radius 1 is 0.517 bits per heavy atom. The number of carbonyl (C=O) groups is 6. The summed E-state index contributed by atoms with van der Waals surface area (Å²) in [6.45, 7) is 0. The van der Waals surface area contributed by atoms with Gasteiger partial charge >= 0.3 is 35.8 Å². The predicted molar refractivity (Wildman–Crippen MR) is 90.3 cm³/mol. The average Bonchev–Trinajstić information content (AvgIpc) is 2.66. The number of rotatable bonds is 6. The second-order valence-corrected chi connectivity index (χ2v) is 7.54. The van der Waals surface area contributed by atoms with E-state index in [1.165, 1.54) is 0 Å². The van der Waals surface area contributed by atoms with Crippen LogP contribution in [0.25, 0.3) is 0 Å². The fourth-order valence-corrected chi connectivity index (χ4v) is 4.15. The molecule has 0 bridgehead atoms. The van der Waals surface area contributed by atoms with E-state index in [0.29, 0.717) is 0 Å². The SMILES string of the molecule is O=C(O)[C@@H]1CC[C@H](C(=O)OC(=O)[C@@H]2CC[C@H](C(=O)O)C[C@@H]2C(=O)O)[C@H](C(=O)O)C1. The van der Waals surface area contributed by atoms with Gasteiger partial charge in [-0.25, -0.2) is 0 Å². The first kappa shape index (κ1) is 22.3. The Morgan fingerprint density at radius 2 is 0.862 bits per heavy atom. The highest BCUT2D eigenvalue weighted by Crippen LogP contribution is 2.38. The highest BCUT2D eigenvalue weighted by molar-refractivity contribution is 5.92. The van der Waals surface area contributed by atoms with Crippen molar-refractivity contribution in [2.24, 2.45) is 35.5 Å². The van der Waals surface area contributed by atoms with Crippen LogP contribution in [-0.4, -0.2) is 56.2 Å². The summed E-state index contributed by atoms with van der Waals surface area (Å²) < 4.78 is 4.78. The van der Waals surface area contributed by atoms with Crippen LogP contribution in [0.3, 0.4) is 0 Å². The number of hydrogen-bond donors (Lipinski definition) is 4. The largest absolute Gasteiger partial charge is 0.481 e. The smallest absolute Gasteiger partial charge is 0.317 e. The predicted octanol–water partition coefficient (Wildman–Crippen LogP) is 0.460. The minimum absolute atomic E-state index is 0.0501. The van der Waals surface area contributed by atoms with Gasteiger partial charge in [-0.05, 0) is 38.5 Å². The van der Waals surface area contributed by atoms with Crippen molar-refractivity contribution in [3.05, 3.63) is 0 Å². The maximum Gasteiger partial charge on any atom is 0.317 e. The summed E-state index contributed by atoms with van der Waals surface area (Å²) in [5.41, 5.74) is 0. The fourth-order valence-electron chi connectivity index (χ4n) is 4.15. The van der Waals surface area contributed by atoms with Crippen LogP contribution in [0.4, 0.5) is 0 Å². The van der Waals surface area contributed by atoms with Gasteiger partial charge in [0.15, 0.2) is 0 Å². The zero-order chi connectivity index (χ0) is 21.9. The summed E-state index contributed by atoms with van der Waals surface area (Å²) in [6, 6.07) is 0. The monoisotopic (exact) mass is 414 g/mol. The van der Waals surface area contributed by atoms with Crippen LogP contribution in [0, 0.1) is 35.5 Å². The van der Waals surface area contributed by atoms with E-state index in [-0.39, 0.29) is 38.5 Å². The Labute approximate surface area is 164 Å². The van der Waals surface area contributed by atoms with Crippen molar-refractivity contribution < 1.29 is 53.9 Å². The van der Waals surface area contributed by atoms with Gasteiger partial charge in [0.1, 0.15) is 0 Å². The highest BCUT2D eigenvalue weighted by Gasteiger charge is 2.46. The van der Waals surface area contributed by atoms with Gasteiger partial charge in [-0.1, -0.05) is 0 Å². The van der Waals surface area contributed by atoms with Crippen LogP contribution in [0.15, 0.2) is 0 Å². The molecule has 0 aromatic rings. The van der Waals surface area contributed by atoms with E-state index in [1.54, 1.807) is 0 Å². The summed E-state index contributed by atoms with van der Waals surface area (Å²) in [5.74, 6) is -14.3. The number of esters is 2. The molecule has 0 aromatic heterocycles. The molecule has 0 radical (unpaired) electrons. The van der Waals surface area contributed by atoms with Crippen molar-refractivity contribution in [3.63, 3.8) is 0 Å². The quantitative estimate of drug-likeness (QED) is 0.348. The first-order chi connectivity index (χ1) is 13.5. The Kier molecular flexibility index (Phi) is 6.93. The van der Waals surface area contributed by atoms with Crippen LogP contribution >= 0.6 is 0 Å². The Hall–Kier alpha value is -2.98. The molecule has 2 fully saturated rings. The molecule has 11 heteroatoms. The Balaban J connectivity index is 2.08. The maximum atomic E-state index is 12.4. The molecule has 0 aliphatic heterocycles. The van der Waals surface area contributed by atoms with Gasteiger partial charge in [0.25, 0.3) is 0 Å². The molecule has 0 spiro atoms. The van der Waals surface area contributed by atoms with E-state index in [4.69, 9.17) is 14.9 Å². The van der Waals surface area contributed by atoms with E-state index in [2.05, 4.69) is 0 Å². The normalized spacial score (nSPS) is 32.0. The van der Waals surface area contributed by atoms with E-state index >= 15 is 0 Å². The first-order valence-electron chi connectivity index (χ1n) is 9.19. The van der Waals surface area contributed by atoms with Crippen LogP contribution in [0.1, 0.15) is 38.5 Å². The minimum atomic E-state index is -1.38. The standard InChI is InChI=1S/C18H22O11/c19-13(20)7-1-3-9(11(5-7)15(23)24)17(27)29-18(28)10-4-2-8(14(21)22)6-12(10)16(25)26/h7-12H,1-6H2,(H,19,20)(H,21,22)(H,23,24)(H,25,26)/t7-,8+,9+,10-,11-,12+. The summed E-state index contributed by atoms with van der Waals surface area (Å²) >= 11 is 0. The zero-order valence-corrected chi connectivity index (χ0v) is 15.4. The molecule has 0 heterocycles. The lowest BCUT2D eigenvalue weighted by Crippen LogP contribution is -2.42. The fraction of sp³-hybridized carbons (Fsp3) is 0.667. The molecular formula is C18H22O11. The third-order valence-corrected chi connectivity index (χ3v) is 5.84. The van der Waals surface area contributed by atoms with E-state index in [0.717, 1.165) is 0 Å². The zero-order valence-electron chi connectivity index (χ0n) is 15.4. The third-order valence-electron chi connectivity index (χ3n) is 5.84. The lowest BCUT2D eigenvalue weighted by Gasteiger charge is -2.32. The van der Waals surface area contributed by atoms with Crippen LogP contribution in [0.5, 0.6) is 0 Å². The molecule has 29 heavy (non-hydrogen) atoms. The second-order valence-electron chi connectivity index (χ2n) is 7.54. The Morgan fingerprint density at radius 3 is 1.14 bits per heavy atom. The van der Waals surface area contributed by atoms with Gasteiger partial charge < -0.3 is 25.2 Å². The van der Waals surface area contributed by atoms with Crippen molar-refractivity contribution in [1.29, 1.82) is 0 Å². The van der Waals surface area contributed by atoms with E-state index in [1.807, 2.05) is 0 Å². The topological polar surface area (TPSA) is 193 Å². The number of ether oxygens (including phenoxy) is 1. The molecule has 2 rings (SSSR count). The molecule has 0 amide bonds. The number of carboxylic acids is 4. The van der Waals surface area contributed by atoms with Crippen molar-refractivity contribution in [3.8, 4) is 0 Å². The van der Waals surface area contributed by atoms with Crippen molar-refractivity contribution in [2.45, 2.75) is 38.5 Å². The summed E-state index contributed by atoms with van der Waals surface area (Å²) in [6.07, 6.45) is -0.633. The van der Waals surface area contributed by atoms with Gasteiger partial charge in [-0.15, -0.1) is 0 Å². The van der Waals surface area contributed by atoms with Gasteiger partial charge in [0, 0.05) is 0 Å². The molecule has 6 atom stereocenters. The maximum absolute atomic E-state index is 12.4. The molecule has 4 N–H and O–H groups in total. The lowest BCUT2D eigenvalue weighted by atomic mass is 9.73. The summed E-state index contributed by atoms with van der Waals surface area (Å²) in [7, 11) is 0. The average molecular weight is 414 g/mol. The lowest BCUT2D eigenvalue weighted by molar-refractivity contribution is -0.176. The number of hydrogen-bond acceptors (Lipinski definition) is 7. The number of carboxylic acid groups (broad SMARTS) is 4. The van der Waals surface area contributed by atoms with Gasteiger partial charge in [-0.2, -0.15) is 0 Å². The molecule has 0 saturated heterocycles. The molecule has 160 valence electrons. The van der Waals surface area contributed by atoms with Crippen LogP contribution < -0.4 is 0 Å². The number of carbonyl (C=O) groups excluding carboxylic acids is 2. The van der Waals surface area contributed by atoms with E-state index in [9.17, 15) is 39.0 Å². The van der Waals surface area contributed by atoms with Gasteiger partial charge in [-0.3, -0.25) is 28.8 Å². The van der Waals surface area contributed by atoms with Crippen molar-refractivity contribution in [1.82, 2.24) is 0 Å². The highest BCUT2D eigenvalue weighted by atomic mass is 16.6. The van der Waals surface area contributed by atoms with Crippen LogP contribution in [0.2, 0.25) is 0 Å². The van der Waals surface area contributed by atoms with Crippen molar-refractivity contribution in [2.75, 3.05) is 0 Å². The molecule has 11 nitrogen and oxygen atoms in total. The van der Waals surface area contributed by atoms with E-state index < -0.39 is 71.3 Å². The molecule has 2 aliphatic carbocycles. The minimum Gasteiger partial charge on any atom is -0.481 e. The number of aliphatic carboxylic acids is 4. The molecular weight excluding hydrogens is 392 g/mol. The summed E-state index contributed by atoms with van der Waals surface area (Å²) in [4.78, 5) is 69.9. The van der Waals surface area contributed by atoms with Crippen molar-refractivity contribution >= 4 is 35.8 Å². The molecule has 0 unspecified atom stereocenters. The Bertz CT molecular complexity index is 667. The summed E-state index contributed by atoms with van der Waals surface area (Å²) in [5, 5.41) is 36.8. The third kappa shape index (κ3) is 5.09. The second kappa shape index (κ2) is 9.01. The first-order valence-corrected chi connectivity index (χ1v) is 9.19. The molecule has 2 saturated carbocycles. The van der Waals surface area contributed by atoms with Gasteiger partial charge in [0.2, 0.25) is 0 Å². The van der Waals surface area contributed by atoms with Crippen LogP contribution in [-0.2, 0) is 33.5 Å².